The minimum Gasteiger partial charge on any atom is -0.411 e. The summed E-state index contributed by atoms with van der Waals surface area (Å²) in [7, 11) is 0. The first-order chi connectivity index (χ1) is 9.76. The fourth-order valence-corrected chi connectivity index (χ4v) is 3.42. The summed E-state index contributed by atoms with van der Waals surface area (Å²) in [6.07, 6.45) is 0.823. The summed E-state index contributed by atoms with van der Waals surface area (Å²) in [5.41, 5.74) is 0.873. The van der Waals surface area contributed by atoms with Gasteiger partial charge >= 0.3 is 0 Å². The van der Waals surface area contributed by atoms with Crippen LogP contribution in [0.4, 0.5) is 0 Å². The van der Waals surface area contributed by atoms with Gasteiger partial charge in [-0.15, -0.1) is 10.2 Å². The Morgan fingerprint density at radius 1 is 1.30 bits per heavy atom. The van der Waals surface area contributed by atoms with Gasteiger partial charge in [0, 0.05) is 22.7 Å². The zero-order valence-electron chi connectivity index (χ0n) is 10.4. The standard InChI is InChI=1S/C12H9BrN4OS2/c1-2-9-14-12(20-17-9)19-11-16-15-10(18-11)7-5-3-4-6-8(7)13/h3-6H,2H2,1H3. The third kappa shape index (κ3) is 2.92. The highest BCUT2D eigenvalue weighted by molar-refractivity contribution is 9.10. The molecule has 20 heavy (non-hydrogen) atoms. The van der Waals surface area contributed by atoms with Crippen molar-refractivity contribution in [1.82, 2.24) is 19.6 Å². The lowest BCUT2D eigenvalue weighted by Crippen LogP contribution is -1.80. The lowest BCUT2D eigenvalue weighted by atomic mass is 10.2. The maximum Gasteiger partial charge on any atom is 0.284 e. The predicted molar refractivity (Wildman–Crippen MR) is 80.8 cm³/mol. The van der Waals surface area contributed by atoms with E-state index in [0.717, 1.165) is 26.6 Å². The van der Waals surface area contributed by atoms with E-state index in [2.05, 4.69) is 35.5 Å². The Bertz CT molecular complexity index is 728. The summed E-state index contributed by atoms with van der Waals surface area (Å²) in [5, 5.41) is 8.55. The lowest BCUT2D eigenvalue weighted by molar-refractivity contribution is 0.465. The van der Waals surface area contributed by atoms with Gasteiger partial charge in [0.1, 0.15) is 5.82 Å². The minimum absolute atomic E-state index is 0.467. The van der Waals surface area contributed by atoms with Crippen molar-refractivity contribution in [1.29, 1.82) is 0 Å². The van der Waals surface area contributed by atoms with E-state index in [0.29, 0.717) is 11.1 Å². The molecule has 2 heterocycles. The Balaban J connectivity index is 1.82. The molecule has 3 aromatic rings. The van der Waals surface area contributed by atoms with Gasteiger partial charge in [-0.3, -0.25) is 0 Å². The van der Waals surface area contributed by atoms with Crippen molar-refractivity contribution < 1.29 is 4.42 Å². The van der Waals surface area contributed by atoms with Crippen LogP contribution in [0.3, 0.4) is 0 Å². The second-order valence-corrected chi connectivity index (χ2v) is 6.59. The summed E-state index contributed by atoms with van der Waals surface area (Å²) < 4.78 is 11.6. The molecule has 5 nitrogen and oxygen atoms in total. The van der Waals surface area contributed by atoms with E-state index in [9.17, 15) is 0 Å². The molecule has 102 valence electrons. The molecule has 0 unspecified atom stereocenters. The van der Waals surface area contributed by atoms with Gasteiger partial charge in [0.15, 0.2) is 4.34 Å². The first-order valence-electron chi connectivity index (χ1n) is 5.85. The molecule has 0 atom stereocenters. The first kappa shape index (κ1) is 13.7. The molecule has 8 heteroatoms. The van der Waals surface area contributed by atoms with E-state index in [-0.39, 0.29) is 0 Å². The molecule has 0 spiro atoms. The van der Waals surface area contributed by atoms with Crippen molar-refractivity contribution >= 4 is 39.2 Å². The summed E-state index contributed by atoms with van der Waals surface area (Å²) in [5.74, 6) is 1.32. The highest BCUT2D eigenvalue weighted by atomic mass is 79.9. The van der Waals surface area contributed by atoms with Gasteiger partial charge in [-0.2, -0.15) is 4.37 Å². The predicted octanol–water partition coefficient (Wildman–Crippen LogP) is 4.06. The molecule has 0 bridgehead atoms. The van der Waals surface area contributed by atoms with Gasteiger partial charge in [0.2, 0.25) is 5.89 Å². The number of aromatic nitrogens is 4. The van der Waals surface area contributed by atoms with Crippen LogP contribution in [0, 0.1) is 0 Å². The lowest BCUT2D eigenvalue weighted by Gasteiger charge is -1.96. The summed E-state index contributed by atoms with van der Waals surface area (Å²) in [6.45, 7) is 2.02. The minimum atomic E-state index is 0.467. The molecule has 0 saturated heterocycles. The Hall–Kier alpha value is -1.25. The molecule has 0 aliphatic rings. The van der Waals surface area contributed by atoms with Gasteiger partial charge in [-0.1, -0.05) is 19.1 Å². The first-order valence-corrected chi connectivity index (χ1v) is 8.23. The Morgan fingerprint density at radius 2 is 2.15 bits per heavy atom. The number of rotatable bonds is 4. The molecule has 2 aromatic heterocycles. The van der Waals surface area contributed by atoms with E-state index in [1.807, 2.05) is 31.2 Å². The van der Waals surface area contributed by atoms with Crippen LogP contribution in [-0.4, -0.2) is 19.6 Å². The van der Waals surface area contributed by atoms with Crippen LogP contribution in [-0.2, 0) is 6.42 Å². The summed E-state index contributed by atoms with van der Waals surface area (Å²) in [4.78, 5) is 4.36. The Kier molecular flexibility index (Phi) is 4.13. The molecule has 0 radical (unpaired) electrons. The number of hydrogen-bond acceptors (Lipinski definition) is 7. The smallest absolute Gasteiger partial charge is 0.284 e. The fraction of sp³-hybridized carbons (Fsp3) is 0.167. The van der Waals surface area contributed by atoms with Gasteiger partial charge in [0.25, 0.3) is 5.22 Å². The normalized spacial score (nSPS) is 10.9. The molecule has 0 amide bonds. The molecule has 3 rings (SSSR count). The Morgan fingerprint density at radius 3 is 2.90 bits per heavy atom. The molecule has 1 aromatic carbocycles. The van der Waals surface area contributed by atoms with Crippen molar-refractivity contribution in [3.8, 4) is 11.5 Å². The van der Waals surface area contributed by atoms with Gasteiger partial charge in [-0.05, 0) is 39.6 Å². The fourth-order valence-electron chi connectivity index (χ4n) is 1.49. The van der Waals surface area contributed by atoms with E-state index in [1.54, 1.807) is 0 Å². The van der Waals surface area contributed by atoms with Crippen molar-refractivity contribution in [2.75, 3.05) is 0 Å². The number of nitrogens with zero attached hydrogens (tertiary/aromatic N) is 4. The van der Waals surface area contributed by atoms with Crippen molar-refractivity contribution in [3.63, 3.8) is 0 Å². The van der Waals surface area contributed by atoms with Crippen molar-refractivity contribution in [2.45, 2.75) is 22.9 Å². The maximum absolute atomic E-state index is 5.65. The third-order valence-corrected chi connectivity index (χ3v) is 4.77. The van der Waals surface area contributed by atoms with E-state index in [1.165, 1.54) is 23.3 Å². The van der Waals surface area contributed by atoms with Crippen LogP contribution in [0.1, 0.15) is 12.7 Å². The summed E-state index contributed by atoms with van der Waals surface area (Å²) in [6, 6.07) is 7.72. The number of benzene rings is 1. The van der Waals surface area contributed by atoms with Crippen LogP contribution in [0.2, 0.25) is 0 Å². The van der Waals surface area contributed by atoms with Crippen molar-refractivity contribution in [2.24, 2.45) is 0 Å². The van der Waals surface area contributed by atoms with Crippen LogP contribution in [0.15, 0.2) is 42.7 Å². The Labute approximate surface area is 132 Å². The molecule has 0 saturated carbocycles. The highest BCUT2D eigenvalue weighted by Crippen LogP contribution is 2.32. The van der Waals surface area contributed by atoms with Crippen molar-refractivity contribution in [3.05, 3.63) is 34.6 Å². The number of halogens is 1. The zero-order chi connectivity index (χ0) is 13.9. The highest BCUT2D eigenvalue weighted by Gasteiger charge is 2.14. The largest absolute Gasteiger partial charge is 0.411 e. The van der Waals surface area contributed by atoms with E-state index in [4.69, 9.17) is 4.42 Å². The van der Waals surface area contributed by atoms with Crippen LogP contribution >= 0.6 is 39.2 Å². The second kappa shape index (κ2) is 6.02. The second-order valence-electron chi connectivity index (χ2n) is 3.79. The topological polar surface area (TPSA) is 64.7 Å². The molecule has 0 fully saturated rings. The molecule has 0 aliphatic heterocycles. The molecular formula is C12H9BrN4OS2. The average molecular weight is 369 g/mol. The summed E-state index contributed by atoms with van der Waals surface area (Å²) >= 11 is 6.14. The monoisotopic (exact) mass is 368 g/mol. The van der Waals surface area contributed by atoms with Gasteiger partial charge < -0.3 is 4.42 Å². The SMILES string of the molecule is CCc1nsc(Sc2nnc(-c3ccccc3Br)o2)n1. The molecule has 0 N–H and O–H groups in total. The molecular weight excluding hydrogens is 360 g/mol. The van der Waals surface area contributed by atoms with Crippen LogP contribution in [0.25, 0.3) is 11.5 Å². The third-order valence-electron chi connectivity index (χ3n) is 2.45. The maximum atomic E-state index is 5.65. The van der Waals surface area contributed by atoms with E-state index >= 15 is 0 Å². The van der Waals surface area contributed by atoms with Crippen LogP contribution < -0.4 is 0 Å². The van der Waals surface area contributed by atoms with Crippen LogP contribution in [0.5, 0.6) is 0 Å². The molecule has 0 aliphatic carbocycles. The van der Waals surface area contributed by atoms with E-state index < -0.39 is 0 Å². The quantitative estimate of drug-likeness (QED) is 0.691. The average Bonchev–Trinajstić information content (AvgIpc) is 3.09. The number of hydrogen-bond donors (Lipinski definition) is 0. The van der Waals surface area contributed by atoms with Gasteiger partial charge in [0.05, 0.1) is 5.56 Å². The number of aryl methyl sites for hydroxylation is 1. The van der Waals surface area contributed by atoms with Gasteiger partial charge in [-0.25, -0.2) is 4.98 Å². The zero-order valence-corrected chi connectivity index (χ0v) is 13.6.